The van der Waals surface area contributed by atoms with Crippen molar-refractivity contribution in [1.29, 1.82) is 0 Å². The molecule has 0 saturated heterocycles. The molecule has 0 aliphatic rings. The van der Waals surface area contributed by atoms with Gasteiger partial charge in [-0.2, -0.15) is 0 Å². The van der Waals surface area contributed by atoms with E-state index in [1.807, 2.05) is 32.0 Å². The quantitative estimate of drug-likeness (QED) is 0.319. The monoisotopic (exact) mass is 466 g/mol. The van der Waals surface area contributed by atoms with Crippen LogP contribution >= 0.6 is 23.2 Å². The summed E-state index contributed by atoms with van der Waals surface area (Å²) in [7, 11) is 1.54. The smallest absolute Gasteiger partial charge is 0.248 e. The SMILES string of the molecule is COc1ccc(-c2nc3cc(C)c(C)cc3o2)cc1NC(=O)/C=C/c1ccc(Cl)cc1Cl. The van der Waals surface area contributed by atoms with Gasteiger partial charge in [0, 0.05) is 21.7 Å². The van der Waals surface area contributed by atoms with Crippen LogP contribution in [0.2, 0.25) is 10.0 Å². The van der Waals surface area contributed by atoms with Gasteiger partial charge in [-0.3, -0.25) is 4.79 Å². The average Bonchev–Trinajstić information content (AvgIpc) is 3.16. The fourth-order valence-electron chi connectivity index (χ4n) is 3.22. The lowest BCUT2D eigenvalue weighted by Gasteiger charge is -2.10. The molecule has 4 rings (SSSR count). The number of ether oxygens (including phenoxy) is 1. The minimum atomic E-state index is -0.338. The number of aryl methyl sites for hydroxylation is 2. The molecule has 0 aliphatic carbocycles. The first-order valence-corrected chi connectivity index (χ1v) is 10.6. The number of hydrogen-bond donors (Lipinski definition) is 1. The zero-order valence-electron chi connectivity index (χ0n) is 17.7. The first-order valence-electron chi connectivity index (χ1n) is 9.84. The normalized spacial score (nSPS) is 11.3. The van der Waals surface area contributed by atoms with Gasteiger partial charge in [-0.05, 0) is 79.1 Å². The van der Waals surface area contributed by atoms with Crippen LogP contribution < -0.4 is 10.1 Å². The lowest BCUT2D eigenvalue weighted by Crippen LogP contribution is -2.09. The van der Waals surface area contributed by atoms with Crippen LogP contribution in [-0.2, 0) is 4.79 Å². The third-order valence-electron chi connectivity index (χ3n) is 5.08. The summed E-state index contributed by atoms with van der Waals surface area (Å²) in [6.45, 7) is 4.07. The number of halogens is 2. The summed E-state index contributed by atoms with van der Waals surface area (Å²) in [6.07, 6.45) is 3.02. The molecule has 5 nitrogen and oxygen atoms in total. The van der Waals surface area contributed by atoms with Gasteiger partial charge in [-0.1, -0.05) is 29.3 Å². The van der Waals surface area contributed by atoms with Crippen molar-refractivity contribution in [3.05, 3.63) is 81.3 Å². The van der Waals surface area contributed by atoms with Crippen LogP contribution in [0.5, 0.6) is 5.75 Å². The molecule has 3 aromatic carbocycles. The fourth-order valence-corrected chi connectivity index (χ4v) is 3.69. The van der Waals surface area contributed by atoms with E-state index in [-0.39, 0.29) is 5.91 Å². The largest absolute Gasteiger partial charge is 0.495 e. The van der Waals surface area contributed by atoms with E-state index in [4.69, 9.17) is 32.4 Å². The maximum atomic E-state index is 12.5. The molecule has 0 fully saturated rings. The summed E-state index contributed by atoms with van der Waals surface area (Å²) >= 11 is 12.1. The Bertz CT molecular complexity index is 1320. The van der Waals surface area contributed by atoms with Gasteiger partial charge in [0.25, 0.3) is 0 Å². The molecule has 0 spiro atoms. The van der Waals surface area contributed by atoms with Gasteiger partial charge in [-0.25, -0.2) is 4.98 Å². The van der Waals surface area contributed by atoms with Gasteiger partial charge in [-0.15, -0.1) is 0 Å². The average molecular weight is 467 g/mol. The minimum absolute atomic E-state index is 0.338. The van der Waals surface area contributed by atoms with Crippen LogP contribution in [0.3, 0.4) is 0 Å². The first-order chi connectivity index (χ1) is 15.3. The number of nitrogens with one attached hydrogen (secondary N) is 1. The van der Waals surface area contributed by atoms with E-state index in [0.717, 1.165) is 22.2 Å². The topological polar surface area (TPSA) is 64.4 Å². The van der Waals surface area contributed by atoms with Crippen molar-refractivity contribution in [3.63, 3.8) is 0 Å². The van der Waals surface area contributed by atoms with Crippen molar-refractivity contribution in [3.8, 4) is 17.2 Å². The second kappa shape index (κ2) is 9.07. The molecular formula is C25H20Cl2N2O3. The Morgan fingerprint density at radius 2 is 1.84 bits per heavy atom. The van der Waals surface area contributed by atoms with Gasteiger partial charge in [0.2, 0.25) is 11.8 Å². The second-order valence-corrected chi connectivity index (χ2v) is 8.17. The Hall–Kier alpha value is -3.28. The predicted octanol–water partition coefficient (Wildman–Crippen LogP) is 7.08. The van der Waals surface area contributed by atoms with Crippen LogP contribution in [0, 0.1) is 13.8 Å². The highest BCUT2D eigenvalue weighted by molar-refractivity contribution is 6.35. The molecule has 0 radical (unpaired) electrons. The summed E-state index contributed by atoms with van der Waals surface area (Å²) in [5.41, 5.74) is 5.68. The number of carbonyl (C=O) groups excluding carboxylic acids is 1. The molecule has 0 aliphatic heterocycles. The van der Waals surface area contributed by atoms with E-state index >= 15 is 0 Å². The number of oxazole rings is 1. The number of carbonyl (C=O) groups is 1. The maximum absolute atomic E-state index is 12.5. The summed E-state index contributed by atoms with van der Waals surface area (Å²) < 4.78 is 11.3. The number of rotatable bonds is 5. The molecular weight excluding hydrogens is 447 g/mol. The Kier molecular flexibility index (Phi) is 6.21. The number of anilines is 1. The Balaban J connectivity index is 1.61. The van der Waals surface area contributed by atoms with E-state index in [1.54, 1.807) is 43.5 Å². The Morgan fingerprint density at radius 3 is 2.59 bits per heavy atom. The van der Waals surface area contributed by atoms with Crippen LogP contribution in [0.25, 0.3) is 28.6 Å². The zero-order chi connectivity index (χ0) is 22.8. The van der Waals surface area contributed by atoms with E-state index in [1.165, 1.54) is 6.08 Å². The second-order valence-electron chi connectivity index (χ2n) is 7.33. The minimum Gasteiger partial charge on any atom is -0.495 e. The van der Waals surface area contributed by atoms with Gasteiger partial charge < -0.3 is 14.5 Å². The molecule has 0 saturated carbocycles. The molecule has 1 amide bonds. The van der Waals surface area contributed by atoms with E-state index in [2.05, 4.69) is 10.3 Å². The van der Waals surface area contributed by atoms with E-state index in [9.17, 15) is 4.79 Å². The summed E-state index contributed by atoms with van der Waals surface area (Å²) in [4.78, 5) is 17.1. The molecule has 32 heavy (non-hydrogen) atoms. The number of aromatic nitrogens is 1. The van der Waals surface area contributed by atoms with E-state index < -0.39 is 0 Å². The fraction of sp³-hybridized carbons (Fsp3) is 0.120. The molecule has 162 valence electrons. The molecule has 7 heteroatoms. The van der Waals surface area contributed by atoms with Crippen LogP contribution in [0.4, 0.5) is 5.69 Å². The molecule has 1 N–H and O–H groups in total. The number of fused-ring (bicyclic) bond motifs is 1. The van der Waals surface area contributed by atoms with Crippen molar-refractivity contribution in [1.82, 2.24) is 4.98 Å². The highest BCUT2D eigenvalue weighted by Gasteiger charge is 2.13. The van der Waals surface area contributed by atoms with Crippen LogP contribution in [-0.4, -0.2) is 18.0 Å². The zero-order valence-corrected chi connectivity index (χ0v) is 19.2. The Labute approximate surface area is 195 Å². The maximum Gasteiger partial charge on any atom is 0.248 e. The van der Waals surface area contributed by atoms with Gasteiger partial charge in [0.1, 0.15) is 11.3 Å². The summed E-state index contributed by atoms with van der Waals surface area (Å²) in [5.74, 6) is 0.643. The van der Waals surface area contributed by atoms with Crippen molar-refractivity contribution in [2.24, 2.45) is 0 Å². The van der Waals surface area contributed by atoms with Crippen molar-refractivity contribution < 1.29 is 13.9 Å². The lowest BCUT2D eigenvalue weighted by atomic mass is 10.1. The van der Waals surface area contributed by atoms with Crippen LogP contribution in [0.1, 0.15) is 16.7 Å². The van der Waals surface area contributed by atoms with Crippen molar-refractivity contribution in [2.75, 3.05) is 12.4 Å². The predicted molar refractivity (Wildman–Crippen MR) is 130 cm³/mol. The van der Waals surface area contributed by atoms with Crippen LogP contribution in [0.15, 0.2) is 59.0 Å². The first kappa shape index (κ1) is 21.9. The van der Waals surface area contributed by atoms with Crippen molar-refractivity contribution in [2.45, 2.75) is 13.8 Å². The molecule has 4 aromatic rings. The lowest BCUT2D eigenvalue weighted by molar-refractivity contribution is -0.111. The van der Waals surface area contributed by atoms with Gasteiger partial charge in [0.15, 0.2) is 5.58 Å². The third-order valence-corrected chi connectivity index (χ3v) is 5.65. The molecule has 0 atom stereocenters. The summed E-state index contributed by atoms with van der Waals surface area (Å²) in [6, 6.07) is 14.4. The molecule has 1 aromatic heterocycles. The number of hydrogen-bond acceptors (Lipinski definition) is 4. The number of amides is 1. The number of nitrogens with zero attached hydrogens (tertiary/aromatic N) is 1. The highest BCUT2D eigenvalue weighted by Crippen LogP contribution is 2.32. The van der Waals surface area contributed by atoms with Crippen molar-refractivity contribution >= 4 is 52.0 Å². The number of methoxy groups -OCH3 is 1. The molecule has 1 heterocycles. The number of benzene rings is 3. The van der Waals surface area contributed by atoms with Gasteiger partial charge in [0.05, 0.1) is 12.8 Å². The standard InChI is InChI=1S/C25H20Cl2N2O3/c1-14-10-20-23(11-15(14)2)32-25(29-20)17-5-8-22(31-3)21(12-17)28-24(30)9-6-16-4-7-18(26)13-19(16)27/h4-13H,1-3H3,(H,28,30)/b9-6+. The van der Waals surface area contributed by atoms with Gasteiger partial charge >= 0.3 is 0 Å². The molecule has 0 unspecified atom stereocenters. The Morgan fingerprint density at radius 1 is 1.06 bits per heavy atom. The third kappa shape index (κ3) is 4.64. The summed E-state index contributed by atoms with van der Waals surface area (Å²) in [5, 5.41) is 3.83. The van der Waals surface area contributed by atoms with E-state index in [0.29, 0.717) is 38.5 Å². The highest BCUT2D eigenvalue weighted by atomic mass is 35.5. The molecule has 0 bridgehead atoms.